The van der Waals surface area contributed by atoms with Crippen LogP contribution in [0.1, 0.15) is 12.8 Å². The fourth-order valence-electron chi connectivity index (χ4n) is 2.28. The van der Waals surface area contributed by atoms with Gasteiger partial charge < -0.3 is 14.7 Å². The van der Waals surface area contributed by atoms with Crippen LogP contribution in [0.4, 0.5) is 0 Å². The van der Waals surface area contributed by atoms with Crippen LogP contribution in [0.3, 0.4) is 0 Å². The van der Waals surface area contributed by atoms with Gasteiger partial charge in [-0.2, -0.15) is 0 Å². The van der Waals surface area contributed by atoms with Crippen LogP contribution in [0.2, 0.25) is 0 Å². The molecule has 0 aromatic rings. The number of hydrogen-bond donors (Lipinski definition) is 1. The molecular formula is C11H22N2O2. The highest BCUT2D eigenvalue weighted by Crippen LogP contribution is 2.15. The zero-order valence-electron chi connectivity index (χ0n) is 9.56. The molecule has 0 aromatic heterocycles. The zero-order chi connectivity index (χ0) is 10.7. The molecule has 2 heterocycles. The van der Waals surface area contributed by atoms with Crippen LogP contribution in [0.15, 0.2) is 0 Å². The summed E-state index contributed by atoms with van der Waals surface area (Å²) in [4.78, 5) is 4.74. The van der Waals surface area contributed by atoms with Gasteiger partial charge in [0.25, 0.3) is 0 Å². The summed E-state index contributed by atoms with van der Waals surface area (Å²) in [6.45, 7) is 6.17. The monoisotopic (exact) mass is 214 g/mol. The normalized spacial score (nSPS) is 35.6. The minimum Gasteiger partial charge on any atom is -0.390 e. The highest BCUT2D eigenvalue weighted by molar-refractivity contribution is 4.79. The van der Waals surface area contributed by atoms with E-state index in [9.17, 15) is 5.11 Å². The second-order valence-corrected chi connectivity index (χ2v) is 4.72. The van der Waals surface area contributed by atoms with Crippen LogP contribution in [-0.2, 0) is 4.74 Å². The quantitative estimate of drug-likeness (QED) is 0.689. The van der Waals surface area contributed by atoms with Gasteiger partial charge in [-0.3, -0.25) is 4.90 Å². The molecule has 4 nitrogen and oxygen atoms in total. The fraction of sp³-hybridized carbons (Fsp3) is 1.00. The lowest BCUT2D eigenvalue weighted by molar-refractivity contribution is -0.0884. The van der Waals surface area contributed by atoms with Crippen LogP contribution in [0.25, 0.3) is 0 Å². The van der Waals surface area contributed by atoms with Crippen molar-refractivity contribution in [1.29, 1.82) is 0 Å². The van der Waals surface area contributed by atoms with Gasteiger partial charge in [0, 0.05) is 39.3 Å². The Morgan fingerprint density at radius 1 is 1.27 bits per heavy atom. The molecule has 0 spiro atoms. The van der Waals surface area contributed by atoms with Gasteiger partial charge in [0.15, 0.2) is 0 Å². The number of rotatable bonds is 2. The summed E-state index contributed by atoms with van der Waals surface area (Å²) in [6, 6.07) is 0. The molecule has 0 aromatic carbocycles. The van der Waals surface area contributed by atoms with Gasteiger partial charge in [0.05, 0.1) is 12.2 Å². The van der Waals surface area contributed by atoms with Crippen LogP contribution in [-0.4, -0.2) is 73.5 Å². The number of piperazine rings is 1. The van der Waals surface area contributed by atoms with Crippen molar-refractivity contribution in [2.75, 3.05) is 46.4 Å². The molecule has 15 heavy (non-hydrogen) atoms. The largest absolute Gasteiger partial charge is 0.390 e. The number of aliphatic hydroxyl groups excluding tert-OH is 1. The van der Waals surface area contributed by atoms with Gasteiger partial charge in [0.2, 0.25) is 0 Å². The van der Waals surface area contributed by atoms with Gasteiger partial charge >= 0.3 is 0 Å². The van der Waals surface area contributed by atoms with Gasteiger partial charge in [-0.1, -0.05) is 0 Å². The van der Waals surface area contributed by atoms with Crippen molar-refractivity contribution < 1.29 is 9.84 Å². The lowest BCUT2D eigenvalue weighted by atomic mass is 10.1. The van der Waals surface area contributed by atoms with Crippen molar-refractivity contribution in [3.63, 3.8) is 0 Å². The minimum atomic E-state index is -0.251. The summed E-state index contributed by atoms with van der Waals surface area (Å²) < 4.78 is 5.61. The van der Waals surface area contributed by atoms with Crippen LogP contribution < -0.4 is 0 Å². The van der Waals surface area contributed by atoms with Crippen LogP contribution >= 0.6 is 0 Å². The Hall–Kier alpha value is -0.160. The molecule has 0 saturated carbocycles. The molecule has 2 fully saturated rings. The number of aliphatic hydroxyl groups is 1. The first kappa shape index (κ1) is 11.3. The number of ether oxygens (including phenoxy) is 1. The van der Waals surface area contributed by atoms with Crippen molar-refractivity contribution in [3.05, 3.63) is 0 Å². The summed E-state index contributed by atoms with van der Waals surface area (Å²) in [5.74, 6) is 0. The van der Waals surface area contributed by atoms with Crippen molar-refractivity contribution in [2.45, 2.75) is 25.0 Å². The second kappa shape index (κ2) is 5.25. The Kier molecular flexibility index (Phi) is 3.97. The topological polar surface area (TPSA) is 35.9 Å². The summed E-state index contributed by atoms with van der Waals surface area (Å²) in [6.07, 6.45) is 1.69. The average Bonchev–Trinajstić information content (AvgIpc) is 2.25. The lowest BCUT2D eigenvalue weighted by Gasteiger charge is -2.37. The van der Waals surface area contributed by atoms with E-state index in [1.807, 2.05) is 0 Å². The summed E-state index contributed by atoms with van der Waals surface area (Å²) in [5, 5.41) is 9.79. The molecule has 2 aliphatic rings. The van der Waals surface area contributed by atoms with Crippen molar-refractivity contribution >= 4 is 0 Å². The number of nitrogens with zero attached hydrogens (tertiary/aromatic N) is 2. The third-order valence-corrected chi connectivity index (χ3v) is 3.44. The van der Waals surface area contributed by atoms with E-state index < -0.39 is 0 Å². The first-order valence-electron chi connectivity index (χ1n) is 5.96. The highest BCUT2D eigenvalue weighted by Gasteiger charge is 2.26. The molecule has 2 rings (SSSR count). The lowest BCUT2D eigenvalue weighted by Crippen LogP contribution is -2.50. The Morgan fingerprint density at radius 3 is 2.67 bits per heavy atom. The standard InChI is InChI=1S/C11H22N2O2/c1-12-4-6-13(7-5-12)9-11-10(14)3-2-8-15-11/h10-11,14H,2-9H2,1H3. The van der Waals surface area contributed by atoms with E-state index in [-0.39, 0.29) is 12.2 Å². The SMILES string of the molecule is CN1CCN(CC2OCCCC2O)CC1. The molecule has 2 unspecified atom stereocenters. The molecule has 0 bridgehead atoms. The van der Waals surface area contributed by atoms with Gasteiger partial charge in [-0.25, -0.2) is 0 Å². The summed E-state index contributed by atoms with van der Waals surface area (Å²) in [5.41, 5.74) is 0. The van der Waals surface area contributed by atoms with Crippen molar-refractivity contribution in [3.8, 4) is 0 Å². The maximum Gasteiger partial charge on any atom is 0.0960 e. The molecule has 0 aliphatic carbocycles. The summed E-state index contributed by atoms with van der Waals surface area (Å²) >= 11 is 0. The third-order valence-electron chi connectivity index (χ3n) is 3.44. The molecule has 2 aliphatic heterocycles. The van der Waals surface area contributed by atoms with E-state index in [0.717, 1.165) is 52.2 Å². The second-order valence-electron chi connectivity index (χ2n) is 4.72. The van der Waals surface area contributed by atoms with E-state index in [1.54, 1.807) is 0 Å². The van der Waals surface area contributed by atoms with E-state index in [4.69, 9.17) is 4.74 Å². The molecule has 0 amide bonds. The fourth-order valence-corrected chi connectivity index (χ4v) is 2.28. The average molecular weight is 214 g/mol. The number of likely N-dealkylation sites (N-methyl/N-ethyl adjacent to an activating group) is 1. The van der Waals surface area contributed by atoms with Gasteiger partial charge in [-0.15, -0.1) is 0 Å². The predicted octanol–water partition coefficient (Wildman–Crippen LogP) is -0.226. The third kappa shape index (κ3) is 3.14. The van der Waals surface area contributed by atoms with Crippen molar-refractivity contribution in [1.82, 2.24) is 9.80 Å². The molecule has 0 radical (unpaired) electrons. The van der Waals surface area contributed by atoms with Crippen LogP contribution in [0.5, 0.6) is 0 Å². The van der Waals surface area contributed by atoms with Gasteiger partial charge in [-0.05, 0) is 19.9 Å². The Morgan fingerprint density at radius 2 is 2.00 bits per heavy atom. The first-order chi connectivity index (χ1) is 7.25. The zero-order valence-corrected chi connectivity index (χ0v) is 9.56. The van der Waals surface area contributed by atoms with Crippen molar-refractivity contribution in [2.24, 2.45) is 0 Å². The smallest absolute Gasteiger partial charge is 0.0960 e. The Labute approximate surface area is 91.8 Å². The minimum absolute atomic E-state index is 0.0437. The molecule has 2 atom stereocenters. The van der Waals surface area contributed by atoms with Gasteiger partial charge in [0.1, 0.15) is 0 Å². The molecular weight excluding hydrogens is 192 g/mol. The maximum absolute atomic E-state index is 9.79. The number of hydrogen-bond acceptors (Lipinski definition) is 4. The van der Waals surface area contributed by atoms with E-state index >= 15 is 0 Å². The van der Waals surface area contributed by atoms with Crippen LogP contribution in [0, 0.1) is 0 Å². The molecule has 4 heteroatoms. The molecule has 88 valence electrons. The van der Waals surface area contributed by atoms with E-state index in [1.165, 1.54) is 0 Å². The summed E-state index contributed by atoms with van der Waals surface area (Å²) in [7, 11) is 2.16. The Bertz CT molecular complexity index is 193. The molecule has 1 N–H and O–H groups in total. The maximum atomic E-state index is 9.79. The van der Waals surface area contributed by atoms with E-state index in [2.05, 4.69) is 16.8 Å². The first-order valence-corrected chi connectivity index (χ1v) is 5.96. The molecule has 2 saturated heterocycles. The highest BCUT2D eigenvalue weighted by atomic mass is 16.5. The predicted molar refractivity (Wildman–Crippen MR) is 58.9 cm³/mol. The van der Waals surface area contributed by atoms with E-state index in [0.29, 0.717) is 0 Å². The Balaban J connectivity index is 1.75.